The van der Waals surface area contributed by atoms with Crippen LogP contribution in [0.25, 0.3) is 22.3 Å². The maximum Gasteiger partial charge on any atom is 0.252 e. The molecule has 4 aliphatic rings. The van der Waals surface area contributed by atoms with Crippen molar-refractivity contribution in [3.63, 3.8) is 0 Å². The molecule has 0 aliphatic carbocycles. The first kappa shape index (κ1) is 32.2. The van der Waals surface area contributed by atoms with Crippen LogP contribution >= 0.6 is 0 Å². The average molecular weight is 717 g/mol. The van der Waals surface area contributed by atoms with Crippen LogP contribution in [0.1, 0.15) is 13.8 Å². The SMILES string of the molecule is CC1OC1Oc1ccc(-c2ccc3c(c2)N(c2ccccc2)c2cc(-c4ccc(OC5OC5C)cc4)cc4c2B3c2ccccc2N4c2ccccc2)cc1. The summed E-state index contributed by atoms with van der Waals surface area (Å²) in [4.78, 5) is 4.90. The van der Waals surface area contributed by atoms with Gasteiger partial charge in [-0.05, 0) is 125 Å². The Hall–Kier alpha value is -6.28. The molecule has 266 valence electrons. The fourth-order valence-corrected chi connectivity index (χ4v) is 8.30. The molecule has 55 heavy (non-hydrogen) atoms. The van der Waals surface area contributed by atoms with Crippen molar-refractivity contribution in [1.82, 2.24) is 0 Å². The van der Waals surface area contributed by atoms with E-state index in [2.05, 4.69) is 149 Å². The van der Waals surface area contributed by atoms with Gasteiger partial charge < -0.3 is 28.7 Å². The fourth-order valence-electron chi connectivity index (χ4n) is 8.30. The third-order valence-electron chi connectivity index (χ3n) is 11.2. The molecule has 6 nitrogen and oxygen atoms in total. The van der Waals surface area contributed by atoms with E-state index >= 15 is 0 Å². The van der Waals surface area contributed by atoms with Crippen LogP contribution in [0.5, 0.6) is 11.5 Å². The van der Waals surface area contributed by atoms with Gasteiger partial charge in [-0.15, -0.1) is 0 Å². The van der Waals surface area contributed by atoms with Crippen molar-refractivity contribution in [2.24, 2.45) is 0 Å². The molecule has 4 atom stereocenters. The minimum Gasteiger partial charge on any atom is -0.462 e. The van der Waals surface area contributed by atoms with E-state index in [1.807, 2.05) is 38.1 Å². The second-order valence-corrected chi connectivity index (χ2v) is 14.7. The number of hydrogen-bond acceptors (Lipinski definition) is 6. The number of anilines is 6. The lowest BCUT2D eigenvalue weighted by Crippen LogP contribution is -2.61. The number of fused-ring (bicyclic) bond motifs is 4. The predicted octanol–water partition coefficient (Wildman–Crippen LogP) is 9.35. The number of hydrogen-bond donors (Lipinski definition) is 0. The topological polar surface area (TPSA) is 50.0 Å². The average Bonchev–Trinajstić information content (AvgIpc) is 4.14. The molecule has 4 unspecified atom stereocenters. The molecule has 0 spiro atoms. The van der Waals surface area contributed by atoms with Crippen LogP contribution in [-0.2, 0) is 9.47 Å². The van der Waals surface area contributed by atoms with Gasteiger partial charge in [-0.25, -0.2) is 0 Å². The number of nitrogens with zero attached hydrogens (tertiary/aromatic N) is 2. The maximum absolute atomic E-state index is 6.04. The molecule has 11 rings (SSSR count). The summed E-state index contributed by atoms with van der Waals surface area (Å²) < 4.78 is 23.0. The van der Waals surface area contributed by atoms with Crippen LogP contribution in [0, 0.1) is 0 Å². The molecule has 4 heterocycles. The van der Waals surface area contributed by atoms with E-state index in [9.17, 15) is 0 Å². The highest BCUT2D eigenvalue weighted by atomic mass is 16.8. The summed E-state index contributed by atoms with van der Waals surface area (Å²) in [6.45, 7) is 4.07. The van der Waals surface area contributed by atoms with Crippen molar-refractivity contribution >= 4 is 57.2 Å². The van der Waals surface area contributed by atoms with Gasteiger partial charge in [-0.3, -0.25) is 0 Å². The van der Waals surface area contributed by atoms with Gasteiger partial charge in [-0.2, -0.15) is 0 Å². The Morgan fingerprint density at radius 2 is 0.873 bits per heavy atom. The lowest BCUT2D eigenvalue weighted by molar-refractivity contribution is 0.178. The predicted molar refractivity (Wildman–Crippen MR) is 221 cm³/mol. The largest absolute Gasteiger partial charge is 0.462 e. The normalized spacial score (nSPS) is 19.9. The summed E-state index contributed by atoms with van der Waals surface area (Å²) >= 11 is 0. The summed E-state index contributed by atoms with van der Waals surface area (Å²) in [6.07, 6.45) is -0.0716. The third-order valence-corrected chi connectivity index (χ3v) is 11.2. The first-order valence-corrected chi connectivity index (χ1v) is 19.0. The van der Waals surface area contributed by atoms with Gasteiger partial charge in [0.1, 0.15) is 23.7 Å². The summed E-state index contributed by atoms with van der Waals surface area (Å²) in [5, 5.41) is 0. The van der Waals surface area contributed by atoms with Crippen molar-refractivity contribution in [3.05, 3.63) is 164 Å². The molecule has 2 saturated heterocycles. The maximum atomic E-state index is 6.04. The molecule has 7 aromatic carbocycles. The number of rotatable bonds is 8. The van der Waals surface area contributed by atoms with Gasteiger partial charge in [0, 0.05) is 34.1 Å². The van der Waals surface area contributed by atoms with E-state index in [1.165, 1.54) is 27.8 Å². The number of benzene rings is 7. The highest BCUT2D eigenvalue weighted by Crippen LogP contribution is 2.46. The quantitative estimate of drug-likeness (QED) is 0.115. The van der Waals surface area contributed by atoms with E-state index in [0.717, 1.165) is 56.5 Å². The standard InChI is InChI=1S/C48H37BN2O4/c1-30-47(52-30)54-38-22-17-32(18-23-38)34-21-26-41-43(27-34)51(37-13-7-4-8-14-37)45-29-35(33-19-24-39(25-20-33)55-48-31(2)53-48)28-44-46(45)49(41)40-15-9-10-16-42(40)50(44)36-11-5-3-6-12-36/h3-31,47-48H,1-2H3. The lowest BCUT2D eigenvalue weighted by Gasteiger charge is -2.44. The van der Waals surface area contributed by atoms with Gasteiger partial charge in [-0.1, -0.05) is 91.0 Å². The number of para-hydroxylation sites is 3. The first-order valence-electron chi connectivity index (χ1n) is 19.0. The molecular formula is C48H37BN2O4. The van der Waals surface area contributed by atoms with Gasteiger partial charge in [0.2, 0.25) is 12.6 Å². The zero-order valence-electron chi connectivity index (χ0n) is 30.5. The summed E-state index contributed by atoms with van der Waals surface area (Å²) in [5.74, 6) is 1.62. The third kappa shape index (κ3) is 5.58. The molecule has 0 amide bonds. The van der Waals surface area contributed by atoms with E-state index in [4.69, 9.17) is 18.9 Å². The van der Waals surface area contributed by atoms with Gasteiger partial charge in [0.25, 0.3) is 6.71 Å². The molecule has 0 N–H and O–H groups in total. The summed E-state index contributed by atoms with van der Waals surface area (Å²) in [5.41, 5.74) is 15.2. The molecule has 7 aromatic rings. The van der Waals surface area contributed by atoms with Crippen molar-refractivity contribution in [2.75, 3.05) is 9.80 Å². The van der Waals surface area contributed by atoms with Crippen LogP contribution in [0.15, 0.2) is 164 Å². The molecular weight excluding hydrogens is 679 g/mol. The minimum atomic E-state index is -0.174. The van der Waals surface area contributed by atoms with E-state index in [-0.39, 0.29) is 31.5 Å². The van der Waals surface area contributed by atoms with Crippen LogP contribution in [-0.4, -0.2) is 31.5 Å². The molecule has 0 aromatic heterocycles. The zero-order valence-corrected chi connectivity index (χ0v) is 30.5. The first-order chi connectivity index (χ1) is 27.1. The molecule has 0 bridgehead atoms. The molecule has 7 heteroatoms. The fraction of sp³-hybridized carbons (Fsp3) is 0.125. The molecule has 4 aliphatic heterocycles. The second kappa shape index (κ2) is 12.7. The minimum absolute atomic E-state index is 0.0202. The van der Waals surface area contributed by atoms with Crippen LogP contribution < -0.4 is 35.7 Å². The van der Waals surface area contributed by atoms with Crippen molar-refractivity contribution < 1.29 is 18.9 Å². The zero-order chi connectivity index (χ0) is 36.6. The Morgan fingerprint density at radius 1 is 0.436 bits per heavy atom. The van der Waals surface area contributed by atoms with Gasteiger partial charge >= 0.3 is 0 Å². The lowest BCUT2D eigenvalue weighted by atomic mass is 9.33. The van der Waals surface area contributed by atoms with Crippen LogP contribution in [0.3, 0.4) is 0 Å². The van der Waals surface area contributed by atoms with Gasteiger partial charge in [0.15, 0.2) is 0 Å². The highest BCUT2D eigenvalue weighted by Gasteiger charge is 2.44. The Kier molecular flexibility index (Phi) is 7.41. The number of ether oxygens (including phenoxy) is 4. The Balaban J connectivity index is 1.12. The van der Waals surface area contributed by atoms with E-state index in [0.29, 0.717) is 0 Å². The van der Waals surface area contributed by atoms with Crippen molar-refractivity contribution in [1.29, 1.82) is 0 Å². The molecule has 0 radical (unpaired) electrons. The molecule has 0 saturated carbocycles. The smallest absolute Gasteiger partial charge is 0.252 e. The van der Waals surface area contributed by atoms with Crippen LogP contribution in [0.4, 0.5) is 34.1 Å². The Morgan fingerprint density at radius 3 is 1.42 bits per heavy atom. The highest BCUT2D eigenvalue weighted by molar-refractivity contribution is 7.00. The monoisotopic (exact) mass is 716 g/mol. The Bertz CT molecular complexity index is 2560. The second-order valence-electron chi connectivity index (χ2n) is 14.7. The summed E-state index contributed by atoms with van der Waals surface area (Å²) in [7, 11) is 0. The van der Waals surface area contributed by atoms with E-state index < -0.39 is 0 Å². The van der Waals surface area contributed by atoms with Crippen molar-refractivity contribution in [3.8, 4) is 33.8 Å². The number of epoxide rings is 2. The van der Waals surface area contributed by atoms with E-state index in [1.54, 1.807) is 0 Å². The van der Waals surface area contributed by atoms with Gasteiger partial charge in [0.05, 0.1) is 0 Å². The van der Waals surface area contributed by atoms with Crippen LogP contribution in [0.2, 0.25) is 0 Å². The van der Waals surface area contributed by atoms with Crippen molar-refractivity contribution in [2.45, 2.75) is 38.6 Å². The summed E-state index contributed by atoms with van der Waals surface area (Å²) in [6, 6.07) is 58.9. The molecule has 2 fully saturated rings. The Labute approximate surface area is 321 Å².